The van der Waals surface area contributed by atoms with Gasteiger partial charge in [0, 0.05) is 18.4 Å². The van der Waals surface area contributed by atoms with Crippen LogP contribution in [0.3, 0.4) is 0 Å². The van der Waals surface area contributed by atoms with Gasteiger partial charge in [0.2, 0.25) is 0 Å². The third-order valence-corrected chi connectivity index (χ3v) is 5.30. The Kier molecular flexibility index (Phi) is 3.99. The third-order valence-electron chi connectivity index (χ3n) is 5.30. The molecule has 130 valence electrons. The van der Waals surface area contributed by atoms with Crippen LogP contribution in [0.2, 0.25) is 0 Å². The summed E-state index contributed by atoms with van der Waals surface area (Å²) in [5.41, 5.74) is 0.269. The van der Waals surface area contributed by atoms with Gasteiger partial charge in [0.25, 0.3) is 5.91 Å². The normalized spacial score (nSPS) is 25.6. The maximum Gasteiger partial charge on any atom is 0.326 e. The molecule has 25 heavy (non-hydrogen) atoms. The Hall–Kier alpha value is -2.70. The molecule has 1 aliphatic carbocycles. The molecule has 3 heterocycles. The fraction of sp³-hybridized carbons (Fsp3) is 0.444. The Labute approximate surface area is 145 Å². The lowest BCUT2D eigenvalue weighted by Crippen LogP contribution is -2.46. The van der Waals surface area contributed by atoms with E-state index in [-0.39, 0.29) is 23.6 Å². The van der Waals surface area contributed by atoms with E-state index in [4.69, 9.17) is 0 Å². The largest absolute Gasteiger partial charge is 0.480 e. The number of hydrogen-bond donors (Lipinski definition) is 1. The SMILES string of the molecule is O=C(O)C1CC2CCCCC2N1C(=O)c1cccc(-n2cccn2)n1. The molecule has 2 aliphatic rings. The zero-order valence-electron chi connectivity index (χ0n) is 13.8. The molecule has 3 unspecified atom stereocenters. The molecule has 1 amide bonds. The molecule has 2 aromatic heterocycles. The van der Waals surface area contributed by atoms with Crippen LogP contribution >= 0.6 is 0 Å². The standard InChI is InChI=1S/C18H20N4O3/c23-17(13-6-3-8-16(20-13)21-10-4-9-19-21)22-14-7-2-1-5-12(14)11-15(22)18(24)25/h3-4,6,8-10,12,14-15H,1-2,5,7,11H2,(H,24,25). The number of aromatic nitrogens is 3. The summed E-state index contributed by atoms with van der Waals surface area (Å²) in [6, 6.07) is 6.20. The minimum Gasteiger partial charge on any atom is -0.480 e. The van der Waals surface area contributed by atoms with Crippen molar-refractivity contribution in [3.05, 3.63) is 42.4 Å². The second-order valence-corrected chi connectivity index (χ2v) is 6.75. The molecule has 1 saturated carbocycles. The predicted molar refractivity (Wildman–Crippen MR) is 89.3 cm³/mol. The summed E-state index contributed by atoms with van der Waals surface area (Å²) in [4.78, 5) is 30.8. The van der Waals surface area contributed by atoms with Gasteiger partial charge in [0.15, 0.2) is 5.82 Å². The van der Waals surface area contributed by atoms with Crippen molar-refractivity contribution in [3.63, 3.8) is 0 Å². The molecule has 2 aromatic rings. The Morgan fingerprint density at radius 3 is 2.76 bits per heavy atom. The maximum absolute atomic E-state index is 13.1. The summed E-state index contributed by atoms with van der Waals surface area (Å²) in [5, 5.41) is 13.7. The molecule has 0 spiro atoms. The van der Waals surface area contributed by atoms with Gasteiger partial charge < -0.3 is 10.0 Å². The van der Waals surface area contributed by atoms with E-state index in [1.54, 1.807) is 46.2 Å². The fourth-order valence-electron chi connectivity index (χ4n) is 4.18. The van der Waals surface area contributed by atoms with Crippen LogP contribution in [-0.4, -0.2) is 48.7 Å². The maximum atomic E-state index is 13.1. The molecular weight excluding hydrogens is 320 g/mol. The molecule has 0 aromatic carbocycles. The average Bonchev–Trinajstić information content (AvgIpc) is 3.29. The van der Waals surface area contributed by atoms with E-state index >= 15 is 0 Å². The first-order valence-corrected chi connectivity index (χ1v) is 8.67. The van der Waals surface area contributed by atoms with Crippen LogP contribution in [0.4, 0.5) is 0 Å². The number of nitrogens with zero attached hydrogens (tertiary/aromatic N) is 4. The van der Waals surface area contributed by atoms with E-state index < -0.39 is 12.0 Å². The molecule has 7 nitrogen and oxygen atoms in total. The van der Waals surface area contributed by atoms with Crippen molar-refractivity contribution in [3.8, 4) is 5.82 Å². The summed E-state index contributed by atoms with van der Waals surface area (Å²) in [7, 11) is 0. The molecular formula is C18H20N4O3. The first kappa shape index (κ1) is 15.8. The first-order chi connectivity index (χ1) is 12.1. The summed E-state index contributed by atoms with van der Waals surface area (Å²) in [6.45, 7) is 0. The highest BCUT2D eigenvalue weighted by Crippen LogP contribution is 2.40. The third kappa shape index (κ3) is 2.79. The molecule has 0 bridgehead atoms. The second kappa shape index (κ2) is 6.31. The molecule has 7 heteroatoms. The average molecular weight is 340 g/mol. The number of amides is 1. The molecule has 1 saturated heterocycles. The van der Waals surface area contributed by atoms with Crippen molar-refractivity contribution >= 4 is 11.9 Å². The van der Waals surface area contributed by atoms with Gasteiger partial charge in [-0.15, -0.1) is 0 Å². The van der Waals surface area contributed by atoms with E-state index in [0.717, 1.165) is 25.7 Å². The molecule has 0 radical (unpaired) electrons. The van der Waals surface area contributed by atoms with Crippen molar-refractivity contribution in [1.82, 2.24) is 19.7 Å². The van der Waals surface area contributed by atoms with Crippen molar-refractivity contribution in [2.24, 2.45) is 5.92 Å². The van der Waals surface area contributed by atoms with Gasteiger partial charge in [-0.2, -0.15) is 5.10 Å². The molecule has 1 N–H and O–H groups in total. The quantitative estimate of drug-likeness (QED) is 0.924. The minimum atomic E-state index is -0.925. The number of aliphatic carboxylic acids is 1. The number of carboxylic acid groups (broad SMARTS) is 1. The second-order valence-electron chi connectivity index (χ2n) is 6.75. The number of likely N-dealkylation sites (tertiary alicyclic amines) is 1. The topological polar surface area (TPSA) is 88.3 Å². The number of carboxylic acids is 1. The van der Waals surface area contributed by atoms with Crippen molar-refractivity contribution in [2.45, 2.75) is 44.2 Å². The highest BCUT2D eigenvalue weighted by molar-refractivity contribution is 5.96. The predicted octanol–water partition coefficient (Wildman–Crippen LogP) is 2.13. The van der Waals surface area contributed by atoms with Crippen LogP contribution in [0, 0.1) is 5.92 Å². The van der Waals surface area contributed by atoms with Gasteiger partial charge in [-0.25, -0.2) is 14.5 Å². The Morgan fingerprint density at radius 2 is 2.00 bits per heavy atom. The summed E-state index contributed by atoms with van der Waals surface area (Å²) in [6.07, 6.45) is 7.97. The van der Waals surface area contributed by atoms with Gasteiger partial charge in [-0.3, -0.25) is 4.79 Å². The Balaban J connectivity index is 1.67. The Morgan fingerprint density at radius 1 is 1.16 bits per heavy atom. The number of carbonyl (C=O) groups excluding carboxylic acids is 1. The lowest BCUT2D eigenvalue weighted by molar-refractivity contribution is -0.141. The molecule has 3 atom stereocenters. The lowest BCUT2D eigenvalue weighted by atomic mass is 9.84. The van der Waals surface area contributed by atoms with Crippen molar-refractivity contribution in [2.75, 3.05) is 0 Å². The van der Waals surface area contributed by atoms with Crippen LogP contribution in [-0.2, 0) is 4.79 Å². The van der Waals surface area contributed by atoms with E-state index in [1.165, 1.54) is 0 Å². The van der Waals surface area contributed by atoms with Crippen LogP contribution in [0.5, 0.6) is 0 Å². The van der Waals surface area contributed by atoms with Gasteiger partial charge in [-0.1, -0.05) is 18.9 Å². The van der Waals surface area contributed by atoms with Crippen molar-refractivity contribution in [1.29, 1.82) is 0 Å². The zero-order chi connectivity index (χ0) is 17.4. The Bertz CT molecular complexity index is 789. The number of carbonyl (C=O) groups is 2. The number of fused-ring (bicyclic) bond motifs is 1. The molecule has 1 aliphatic heterocycles. The number of rotatable bonds is 3. The highest BCUT2D eigenvalue weighted by atomic mass is 16.4. The van der Waals surface area contributed by atoms with Gasteiger partial charge in [0.05, 0.1) is 0 Å². The summed E-state index contributed by atoms with van der Waals surface area (Å²) >= 11 is 0. The zero-order valence-corrected chi connectivity index (χ0v) is 13.8. The first-order valence-electron chi connectivity index (χ1n) is 8.67. The summed E-state index contributed by atoms with van der Waals surface area (Å²) in [5.74, 6) is -0.392. The molecule has 4 rings (SSSR count). The molecule has 2 fully saturated rings. The van der Waals surface area contributed by atoms with Crippen LogP contribution in [0.15, 0.2) is 36.7 Å². The monoisotopic (exact) mass is 340 g/mol. The smallest absolute Gasteiger partial charge is 0.326 e. The lowest BCUT2D eigenvalue weighted by Gasteiger charge is -2.32. The minimum absolute atomic E-state index is 0.0116. The number of pyridine rings is 1. The van der Waals surface area contributed by atoms with Gasteiger partial charge in [0.1, 0.15) is 11.7 Å². The van der Waals surface area contributed by atoms with Gasteiger partial charge in [-0.05, 0) is 43.4 Å². The highest BCUT2D eigenvalue weighted by Gasteiger charge is 2.47. The van der Waals surface area contributed by atoms with E-state index in [0.29, 0.717) is 12.2 Å². The van der Waals surface area contributed by atoms with Crippen molar-refractivity contribution < 1.29 is 14.7 Å². The summed E-state index contributed by atoms with van der Waals surface area (Å²) < 4.78 is 1.58. The van der Waals surface area contributed by atoms with Crippen LogP contribution in [0.25, 0.3) is 5.82 Å². The fourth-order valence-corrected chi connectivity index (χ4v) is 4.18. The van der Waals surface area contributed by atoms with E-state index in [9.17, 15) is 14.7 Å². The van der Waals surface area contributed by atoms with E-state index in [2.05, 4.69) is 10.1 Å². The van der Waals surface area contributed by atoms with Gasteiger partial charge >= 0.3 is 5.97 Å². The van der Waals surface area contributed by atoms with Crippen LogP contribution in [0.1, 0.15) is 42.6 Å². The van der Waals surface area contributed by atoms with E-state index in [1.807, 2.05) is 0 Å². The van der Waals surface area contributed by atoms with Crippen LogP contribution < -0.4 is 0 Å². The number of hydrogen-bond acceptors (Lipinski definition) is 4.